The number of benzene rings is 1. The predicted octanol–water partition coefficient (Wildman–Crippen LogP) is 4.90. The Kier molecular flexibility index (Phi) is 7.24. The number of ether oxygens (including phenoxy) is 1. The molecule has 0 heterocycles. The quantitative estimate of drug-likeness (QED) is 0.378. The molecule has 1 aromatic carbocycles. The lowest BCUT2D eigenvalue weighted by molar-refractivity contribution is -0.134. The van der Waals surface area contributed by atoms with Crippen molar-refractivity contribution in [1.82, 2.24) is 0 Å². The molecule has 2 heteroatoms. The summed E-state index contributed by atoms with van der Waals surface area (Å²) in [4.78, 5) is 11.7. The summed E-state index contributed by atoms with van der Waals surface area (Å²) in [5.74, 6) is 1.36. The van der Waals surface area contributed by atoms with E-state index in [-0.39, 0.29) is 5.97 Å². The molecular weight excluding hydrogens is 236 g/mol. The van der Waals surface area contributed by atoms with Gasteiger partial charge in [-0.25, -0.2) is 0 Å². The standard InChI is InChI=1S/C17H26O2/c1-14(2)10-6-4-5-7-13-17(18)19-16-12-9-8-11-15(16)3/h8-9,11-12,14H,4-7,10,13H2,1-3H3. The highest BCUT2D eigenvalue weighted by atomic mass is 16.5. The zero-order chi connectivity index (χ0) is 14.1. The smallest absolute Gasteiger partial charge is 0.311 e. The molecule has 0 aliphatic carbocycles. The zero-order valence-electron chi connectivity index (χ0n) is 12.4. The Morgan fingerprint density at radius 2 is 1.79 bits per heavy atom. The summed E-state index contributed by atoms with van der Waals surface area (Å²) in [5, 5.41) is 0. The summed E-state index contributed by atoms with van der Waals surface area (Å²) in [5.41, 5.74) is 1.01. The molecule has 0 fully saturated rings. The molecule has 0 N–H and O–H groups in total. The van der Waals surface area contributed by atoms with Crippen molar-refractivity contribution in [1.29, 1.82) is 0 Å². The van der Waals surface area contributed by atoms with Crippen LogP contribution in [0.5, 0.6) is 5.75 Å². The van der Waals surface area contributed by atoms with Gasteiger partial charge in [0.1, 0.15) is 5.75 Å². The number of hydrogen-bond donors (Lipinski definition) is 0. The van der Waals surface area contributed by atoms with Crippen molar-refractivity contribution in [2.75, 3.05) is 0 Å². The molecule has 0 atom stereocenters. The third-order valence-electron chi connectivity index (χ3n) is 3.23. The predicted molar refractivity (Wildman–Crippen MR) is 79.4 cm³/mol. The Morgan fingerprint density at radius 3 is 2.47 bits per heavy atom. The molecule has 0 aliphatic rings. The maximum atomic E-state index is 11.7. The number of aryl methyl sites for hydroxylation is 1. The van der Waals surface area contributed by atoms with E-state index in [2.05, 4.69) is 13.8 Å². The van der Waals surface area contributed by atoms with Crippen molar-refractivity contribution in [3.63, 3.8) is 0 Å². The van der Waals surface area contributed by atoms with Gasteiger partial charge in [-0.05, 0) is 30.9 Å². The molecule has 1 aromatic rings. The lowest BCUT2D eigenvalue weighted by atomic mass is 10.0. The summed E-state index contributed by atoms with van der Waals surface area (Å²) >= 11 is 0. The van der Waals surface area contributed by atoms with Gasteiger partial charge in [-0.2, -0.15) is 0 Å². The van der Waals surface area contributed by atoms with Gasteiger partial charge in [-0.15, -0.1) is 0 Å². The highest BCUT2D eigenvalue weighted by molar-refractivity contribution is 5.72. The van der Waals surface area contributed by atoms with Crippen molar-refractivity contribution in [3.8, 4) is 5.75 Å². The minimum Gasteiger partial charge on any atom is -0.426 e. The highest BCUT2D eigenvalue weighted by Gasteiger charge is 2.06. The van der Waals surface area contributed by atoms with Crippen LogP contribution in [-0.2, 0) is 4.79 Å². The van der Waals surface area contributed by atoms with E-state index in [0.29, 0.717) is 12.2 Å². The summed E-state index contributed by atoms with van der Waals surface area (Å²) < 4.78 is 5.35. The zero-order valence-corrected chi connectivity index (χ0v) is 12.4. The van der Waals surface area contributed by atoms with Gasteiger partial charge in [0, 0.05) is 6.42 Å². The monoisotopic (exact) mass is 262 g/mol. The van der Waals surface area contributed by atoms with Crippen LogP contribution in [0.4, 0.5) is 0 Å². The maximum Gasteiger partial charge on any atom is 0.311 e. The second-order valence-electron chi connectivity index (χ2n) is 5.59. The first-order valence-electron chi connectivity index (χ1n) is 7.36. The Balaban J connectivity index is 2.13. The molecule has 106 valence electrons. The third-order valence-corrected chi connectivity index (χ3v) is 3.23. The van der Waals surface area contributed by atoms with Crippen LogP contribution in [0.15, 0.2) is 24.3 Å². The van der Waals surface area contributed by atoms with E-state index in [1.165, 1.54) is 19.3 Å². The first-order chi connectivity index (χ1) is 9.09. The molecule has 19 heavy (non-hydrogen) atoms. The fourth-order valence-corrected chi connectivity index (χ4v) is 2.02. The van der Waals surface area contributed by atoms with Crippen molar-refractivity contribution in [2.45, 2.75) is 59.3 Å². The van der Waals surface area contributed by atoms with E-state index in [1.54, 1.807) is 0 Å². The fraction of sp³-hybridized carbons (Fsp3) is 0.588. The highest BCUT2D eigenvalue weighted by Crippen LogP contribution is 2.17. The van der Waals surface area contributed by atoms with E-state index in [9.17, 15) is 4.79 Å². The molecule has 0 aromatic heterocycles. The van der Waals surface area contributed by atoms with Gasteiger partial charge in [-0.1, -0.05) is 57.7 Å². The second kappa shape index (κ2) is 8.73. The molecule has 0 saturated heterocycles. The minimum atomic E-state index is -0.113. The van der Waals surface area contributed by atoms with Gasteiger partial charge < -0.3 is 4.74 Å². The maximum absolute atomic E-state index is 11.7. The van der Waals surface area contributed by atoms with Gasteiger partial charge in [0.05, 0.1) is 0 Å². The number of unbranched alkanes of at least 4 members (excludes halogenated alkanes) is 3. The van der Waals surface area contributed by atoms with Crippen molar-refractivity contribution < 1.29 is 9.53 Å². The second-order valence-corrected chi connectivity index (χ2v) is 5.59. The molecular formula is C17H26O2. The van der Waals surface area contributed by atoms with E-state index >= 15 is 0 Å². The number of hydrogen-bond acceptors (Lipinski definition) is 2. The largest absolute Gasteiger partial charge is 0.426 e. The summed E-state index contributed by atoms with van der Waals surface area (Å²) in [7, 11) is 0. The van der Waals surface area contributed by atoms with E-state index in [0.717, 1.165) is 24.3 Å². The Bertz CT molecular complexity index is 383. The number of esters is 1. The lowest BCUT2D eigenvalue weighted by Gasteiger charge is -2.07. The summed E-state index contributed by atoms with van der Waals surface area (Å²) in [6.45, 7) is 6.45. The van der Waals surface area contributed by atoms with E-state index < -0.39 is 0 Å². The van der Waals surface area contributed by atoms with Crippen LogP contribution in [0.2, 0.25) is 0 Å². The minimum absolute atomic E-state index is 0.113. The van der Waals surface area contributed by atoms with Gasteiger partial charge in [-0.3, -0.25) is 4.79 Å². The average Bonchev–Trinajstić information content (AvgIpc) is 2.36. The van der Waals surface area contributed by atoms with Gasteiger partial charge >= 0.3 is 5.97 Å². The van der Waals surface area contributed by atoms with Crippen LogP contribution < -0.4 is 4.74 Å². The number of rotatable bonds is 8. The fourth-order valence-electron chi connectivity index (χ4n) is 2.02. The molecule has 2 nitrogen and oxygen atoms in total. The van der Waals surface area contributed by atoms with Gasteiger partial charge in [0.2, 0.25) is 0 Å². The van der Waals surface area contributed by atoms with Crippen LogP contribution >= 0.6 is 0 Å². The van der Waals surface area contributed by atoms with Crippen LogP contribution in [0, 0.1) is 12.8 Å². The van der Waals surface area contributed by atoms with Crippen molar-refractivity contribution in [2.24, 2.45) is 5.92 Å². The molecule has 0 unspecified atom stereocenters. The molecule has 0 amide bonds. The molecule has 0 radical (unpaired) electrons. The van der Waals surface area contributed by atoms with E-state index in [1.807, 2.05) is 31.2 Å². The van der Waals surface area contributed by atoms with E-state index in [4.69, 9.17) is 4.74 Å². The summed E-state index contributed by atoms with van der Waals surface area (Å²) in [6.07, 6.45) is 6.35. The SMILES string of the molecule is Cc1ccccc1OC(=O)CCCCCCC(C)C. The topological polar surface area (TPSA) is 26.3 Å². The Morgan fingerprint density at radius 1 is 1.11 bits per heavy atom. The van der Waals surface area contributed by atoms with Crippen LogP contribution in [0.1, 0.15) is 57.9 Å². The van der Waals surface area contributed by atoms with Gasteiger partial charge in [0.15, 0.2) is 0 Å². The molecule has 0 spiro atoms. The Labute approximate surface area is 117 Å². The number of para-hydroxylation sites is 1. The van der Waals surface area contributed by atoms with Crippen LogP contribution in [0.3, 0.4) is 0 Å². The molecule has 0 saturated carbocycles. The third kappa shape index (κ3) is 7.00. The lowest BCUT2D eigenvalue weighted by Crippen LogP contribution is -2.08. The average molecular weight is 262 g/mol. The van der Waals surface area contributed by atoms with Crippen LogP contribution in [-0.4, -0.2) is 5.97 Å². The van der Waals surface area contributed by atoms with Crippen molar-refractivity contribution >= 4 is 5.97 Å². The molecule has 0 bridgehead atoms. The summed E-state index contributed by atoms with van der Waals surface area (Å²) in [6, 6.07) is 7.63. The normalized spacial score (nSPS) is 10.7. The number of carbonyl (C=O) groups excluding carboxylic acids is 1. The Hall–Kier alpha value is -1.31. The first kappa shape index (κ1) is 15.7. The first-order valence-corrected chi connectivity index (χ1v) is 7.36. The number of carbonyl (C=O) groups is 1. The van der Waals surface area contributed by atoms with Gasteiger partial charge in [0.25, 0.3) is 0 Å². The van der Waals surface area contributed by atoms with Crippen molar-refractivity contribution in [3.05, 3.63) is 29.8 Å². The molecule has 0 aliphatic heterocycles. The van der Waals surface area contributed by atoms with Crippen LogP contribution in [0.25, 0.3) is 0 Å². The molecule has 1 rings (SSSR count).